The molecule has 0 amide bonds. The number of ketones is 1. The minimum absolute atomic E-state index is 0.00694. The highest BCUT2D eigenvalue weighted by atomic mass is 35.5. The number of allylic oxidation sites excluding steroid dienone is 1. The molecular formula is C4H4Cl2O. The maximum Gasteiger partial charge on any atom is 0.154 e. The van der Waals surface area contributed by atoms with Crippen molar-refractivity contribution >= 4 is 29.0 Å². The van der Waals surface area contributed by atoms with E-state index in [0.717, 1.165) is 6.08 Å². The number of carbonyl (C=O) groups is 1. The van der Waals surface area contributed by atoms with Crippen molar-refractivity contribution < 1.29 is 4.79 Å². The Kier molecular flexibility index (Phi) is 3.05. The van der Waals surface area contributed by atoms with Crippen LogP contribution in [0.5, 0.6) is 0 Å². The van der Waals surface area contributed by atoms with Crippen molar-refractivity contribution in [3.63, 3.8) is 0 Å². The van der Waals surface area contributed by atoms with Crippen molar-refractivity contribution in [2.75, 3.05) is 0 Å². The van der Waals surface area contributed by atoms with Gasteiger partial charge in [0, 0.05) is 6.08 Å². The molecule has 0 aliphatic rings. The summed E-state index contributed by atoms with van der Waals surface area (Å²) in [5.41, 5.74) is 0. The van der Waals surface area contributed by atoms with Gasteiger partial charge in [0.15, 0.2) is 5.78 Å². The molecule has 0 aliphatic carbocycles. The molecule has 0 aromatic heterocycles. The monoisotopic (exact) mass is 138 g/mol. The van der Waals surface area contributed by atoms with Crippen LogP contribution in [0.2, 0.25) is 0 Å². The van der Waals surface area contributed by atoms with Gasteiger partial charge in [-0.3, -0.25) is 4.79 Å². The van der Waals surface area contributed by atoms with E-state index in [1.54, 1.807) is 0 Å². The summed E-state index contributed by atoms with van der Waals surface area (Å²) < 4.78 is 0.00694. The lowest BCUT2D eigenvalue weighted by atomic mass is 10.5. The summed E-state index contributed by atoms with van der Waals surface area (Å²) in [7, 11) is 0. The van der Waals surface area contributed by atoms with Crippen molar-refractivity contribution in [2.24, 2.45) is 0 Å². The highest BCUT2D eigenvalue weighted by molar-refractivity contribution is 6.56. The van der Waals surface area contributed by atoms with Gasteiger partial charge in [-0.05, 0) is 6.92 Å². The molecule has 0 fully saturated rings. The summed E-state index contributed by atoms with van der Waals surface area (Å²) in [6.45, 7) is 1.38. The van der Waals surface area contributed by atoms with Crippen LogP contribution in [-0.2, 0) is 4.79 Å². The number of hydrogen-bond donors (Lipinski definition) is 0. The normalized spacial score (nSPS) is 7.86. The van der Waals surface area contributed by atoms with E-state index < -0.39 is 0 Å². The zero-order valence-corrected chi connectivity index (χ0v) is 5.25. The van der Waals surface area contributed by atoms with E-state index in [9.17, 15) is 4.79 Å². The van der Waals surface area contributed by atoms with Gasteiger partial charge in [-0.15, -0.1) is 0 Å². The Morgan fingerprint density at radius 1 is 1.57 bits per heavy atom. The fourth-order valence-corrected chi connectivity index (χ4v) is 0.461. The fourth-order valence-electron chi connectivity index (χ4n) is 0.154. The maximum absolute atomic E-state index is 10.0. The van der Waals surface area contributed by atoms with E-state index in [1.807, 2.05) is 0 Å². The van der Waals surface area contributed by atoms with Crippen LogP contribution < -0.4 is 0 Å². The van der Waals surface area contributed by atoms with Gasteiger partial charge >= 0.3 is 0 Å². The van der Waals surface area contributed by atoms with Crippen LogP contribution >= 0.6 is 23.2 Å². The average molecular weight is 139 g/mol. The number of halogens is 2. The maximum atomic E-state index is 10.0. The van der Waals surface area contributed by atoms with Crippen LogP contribution in [0.4, 0.5) is 0 Å². The van der Waals surface area contributed by atoms with E-state index in [1.165, 1.54) is 6.92 Å². The zero-order valence-electron chi connectivity index (χ0n) is 3.74. The van der Waals surface area contributed by atoms with E-state index in [-0.39, 0.29) is 10.3 Å². The third kappa shape index (κ3) is 5.99. The molecule has 0 N–H and O–H groups in total. The second kappa shape index (κ2) is 3.05. The molecule has 0 rings (SSSR count). The summed E-state index contributed by atoms with van der Waals surface area (Å²) in [6, 6.07) is 0. The number of hydrogen-bond acceptors (Lipinski definition) is 1. The lowest BCUT2D eigenvalue weighted by Gasteiger charge is -1.75. The Morgan fingerprint density at radius 2 is 2.00 bits per heavy atom. The largest absolute Gasteiger partial charge is 0.295 e. The summed E-state index contributed by atoms with van der Waals surface area (Å²) in [6.07, 6.45) is 1.14. The Balaban J connectivity index is 3.68. The van der Waals surface area contributed by atoms with Crippen LogP contribution in [0.3, 0.4) is 0 Å². The first-order chi connectivity index (χ1) is 3.13. The highest BCUT2D eigenvalue weighted by Gasteiger charge is 1.84. The highest BCUT2D eigenvalue weighted by Crippen LogP contribution is 2.04. The van der Waals surface area contributed by atoms with Gasteiger partial charge in [-0.25, -0.2) is 0 Å². The van der Waals surface area contributed by atoms with Crippen LogP contribution in [0, 0.1) is 0 Å². The fraction of sp³-hybridized carbons (Fsp3) is 0.250. The SMILES string of the molecule is CC(=O)C=C(Cl)Cl. The number of carbonyl (C=O) groups excluding carboxylic acids is 1. The second-order valence-corrected chi connectivity index (χ2v) is 2.05. The van der Waals surface area contributed by atoms with E-state index >= 15 is 0 Å². The number of rotatable bonds is 1. The van der Waals surface area contributed by atoms with Gasteiger partial charge in [0.25, 0.3) is 0 Å². The Hall–Kier alpha value is -0.0100. The van der Waals surface area contributed by atoms with E-state index in [2.05, 4.69) is 0 Å². The molecule has 3 heteroatoms. The lowest BCUT2D eigenvalue weighted by molar-refractivity contribution is -0.112. The third-order valence-corrected chi connectivity index (χ3v) is 0.531. The molecule has 0 aromatic rings. The minimum atomic E-state index is -0.139. The van der Waals surface area contributed by atoms with Gasteiger partial charge in [0.2, 0.25) is 0 Å². The van der Waals surface area contributed by atoms with Gasteiger partial charge < -0.3 is 0 Å². The Morgan fingerprint density at radius 3 is 2.00 bits per heavy atom. The van der Waals surface area contributed by atoms with E-state index in [4.69, 9.17) is 23.2 Å². The van der Waals surface area contributed by atoms with Crippen molar-refractivity contribution in [3.8, 4) is 0 Å². The van der Waals surface area contributed by atoms with Gasteiger partial charge in [-0.1, -0.05) is 23.2 Å². The summed E-state index contributed by atoms with van der Waals surface area (Å²) in [5.74, 6) is -0.139. The van der Waals surface area contributed by atoms with Crippen molar-refractivity contribution in [1.29, 1.82) is 0 Å². The van der Waals surface area contributed by atoms with Crippen molar-refractivity contribution in [1.82, 2.24) is 0 Å². The quantitative estimate of drug-likeness (QED) is 0.507. The third-order valence-electron chi connectivity index (χ3n) is 0.312. The van der Waals surface area contributed by atoms with E-state index in [0.29, 0.717) is 0 Å². The van der Waals surface area contributed by atoms with Gasteiger partial charge in [0.05, 0.1) is 0 Å². The first-order valence-corrected chi connectivity index (χ1v) is 2.42. The first-order valence-electron chi connectivity index (χ1n) is 1.66. The predicted molar refractivity (Wildman–Crippen MR) is 30.5 cm³/mol. The molecule has 0 saturated heterocycles. The topological polar surface area (TPSA) is 17.1 Å². The predicted octanol–water partition coefficient (Wildman–Crippen LogP) is 1.89. The molecule has 40 valence electrons. The first kappa shape index (κ1) is 6.99. The van der Waals surface area contributed by atoms with Crippen LogP contribution in [-0.4, -0.2) is 5.78 Å². The molecule has 0 atom stereocenters. The van der Waals surface area contributed by atoms with Crippen LogP contribution in [0.1, 0.15) is 6.92 Å². The summed E-state index contributed by atoms with van der Waals surface area (Å²) >= 11 is 10.2. The Labute approximate surface area is 51.9 Å². The second-order valence-electron chi connectivity index (χ2n) is 1.04. The van der Waals surface area contributed by atoms with Crippen molar-refractivity contribution in [3.05, 3.63) is 10.6 Å². The molecule has 0 radical (unpaired) electrons. The van der Waals surface area contributed by atoms with Gasteiger partial charge in [0.1, 0.15) is 4.49 Å². The molecule has 0 bridgehead atoms. The van der Waals surface area contributed by atoms with Crippen LogP contribution in [0.15, 0.2) is 10.6 Å². The molecule has 1 nitrogen and oxygen atoms in total. The van der Waals surface area contributed by atoms with Crippen molar-refractivity contribution in [2.45, 2.75) is 6.92 Å². The molecule has 0 aliphatic heterocycles. The molecule has 0 aromatic carbocycles. The smallest absolute Gasteiger partial charge is 0.154 e. The standard InChI is InChI=1S/C4H4Cl2O/c1-3(7)2-4(5)6/h2H,1H3. The molecule has 0 heterocycles. The van der Waals surface area contributed by atoms with Crippen LogP contribution in [0.25, 0.3) is 0 Å². The minimum Gasteiger partial charge on any atom is -0.295 e. The summed E-state index contributed by atoms with van der Waals surface area (Å²) in [4.78, 5) is 10.0. The Bertz CT molecular complexity index is 102. The zero-order chi connectivity index (χ0) is 5.86. The lowest BCUT2D eigenvalue weighted by Crippen LogP contribution is -1.78. The average Bonchev–Trinajstić information content (AvgIpc) is 1.27. The molecule has 0 spiro atoms. The summed E-state index contributed by atoms with van der Waals surface area (Å²) in [5, 5.41) is 0. The molecule has 0 unspecified atom stereocenters. The molecule has 0 saturated carbocycles. The van der Waals surface area contributed by atoms with Gasteiger partial charge in [-0.2, -0.15) is 0 Å². The molecular weight excluding hydrogens is 135 g/mol. The molecule has 7 heavy (non-hydrogen) atoms.